The van der Waals surface area contributed by atoms with Gasteiger partial charge in [-0.3, -0.25) is 4.99 Å². The Kier molecular flexibility index (Phi) is 11.8. The van der Waals surface area contributed by atoms with E-state index in [-0.39, 0.29) is 0 Å². The van der Waals surface area contributed by atoms with Gasteiger partial charge in [-0.15, -0.1) is 0 Å². The Morgan fingerprint density at radius 1 is 1.08 bits per heavy atom. The quantitative estimate of drug-likeness (QED) is 0.337. The molecule has 0 amide bonds. The standard InChI is InChI=1S/C19H33N3O2S/c1-5-20-19(21-12-8-14-25-4)22-13-11-16-9-10-17(23-6-2)18(15-16)24-7-3/h9-10,15H,5-8,11-14H2,1-4H3,(H2,20,21,22). The van der Waals surface area contributed by atoms with Gasteiger partial charge in [0.2, 0.25) is 0 Å². The molecule has 1 rings (SSSR count). The molecule has 0 atom stereocenters. The molecule has 6 heteroatoms. The number of benzene rings is 1. The molecule has 0 aromatic heterocycles. The maximum Gasteiger partial charge on any atom is 0.191 e. The summed E-state index contributed by atoms with van der Waals surface area (Å²) < 4.78 is 11.3. The predicted molar refractivity (Wildman–Crippen MR) is 109 cm³/mol. The van der Waals surface area contributed by atoms with Crippen LogP contribution in [0, 0.1) is 0 Å². The van der Waals surface area contributed by atoms with E-state index >= 15 is 0 Å². The highest BCUT2D eigenvalue weighted by atomic mass is 32.2. The van der Waals surface area contributed by atoms with E-state index in [1.807, 2.05) is 31.7 Å². The lowest BCUT2D eigenvalue weighted by Crippen LogP contribution is -2.38. The molecular weight excluding hydrogens is 334 g/mol. The van der Waals surface area contributed by atoms with Crippen LogP contribution in [0.1, 0.15) is 32.8 Å². The molecule has 1 aromatic rings. The van der Waals surface area contributed by atoms with Crippen molar-refractivity contribution in [2.45, 2.75) is 33.6 Å². The van der Waals surface area contributed by atoms with E-state index in [4.69, 9.17) is 9.47 Å². The number of nitrogens with zero attached hydrogens (tertiary/aromatic N) is 1. The molecule has 0 radical (unpaired) electrons. The molecule has 5 nitrogen and oxygen atoms in total. The van der Waals surface area contributed by atoms with Crippen molar-refractivity contribution in [3.63, 3.8) is 0 Å². The third kappa shape index (κ3) is 8.91. The van der Waals surface area contributed by atoms with Gasteiger partial charge in [0.15, 0.2) is 17.5 Å². The summed E-state index contributed by atoms with van der Waals surface area (Å²) in [6.07, 6.45) is 4.14. The third-order valence-electron chi connectivity index (χ3n) is 3.43. The highest BCUT2D eigenvalue weighted by molar-refractivity contribution is 7.98. The second-order valence-corrected chi connectivity index (χ2v) is 6.42. The van der Waals surface area contributed by atoms with Crippen molar-refractivity contribution < 1.29 is 9.47 Å². The summed E-state index contributed by atoms with van der Waals surface area (Å²) in [7, 11) is 0. The minimum atomic E-state index is 0.634. The Labute approximate surface area is 157 Å². The van der Waals surface area contributed by atoms with Crippen molar-refractivity contribution in [1.29, 1.82) is 0 Å². The van der Waals surface area contributed by atoms with Crippen molar-refractivity contribution in [1.82, 2.24) is 10.6 Å². The minimum absolute atomic E-state index is 0.634. The van der Waals surface area contributed by atoms with E-state index in [0.29, 0.717) is 13.2 Å². The van der Waals surface area contributed by atoms with Crippen molar-refractivity contribution in [2.75, 3.05) is 44.9 Å². The molecule has 142 valence electrons. The van der Waals surface area contributed by atoms with Gasteiger partial charge in [0.1, 0.15) is 0 Å². The predicted octanol–water partition coefficient (Wildman–Crippen LogP) is 3.33. The van der Waals surface area contributed by atoms with Crippen LogP contribution >= 0.6 is 11.8 Å². The molecule has 0 spiro atoms. The molecule has 2 N–H and O–H groups in total. The molecule has 25 heavy (non-hydrogen) atoms. The van der Waals surface area contributed by atoms with Crippen molar-refractivity contribution in [2.24, 2.45) is 4.99 Å². The van der Waals surface area contributed by atoms with Gasteiger partial charge in [-0.05, 0) is 63.3 Å². The number of rotatable bonds is 12. The number of guanidine groups is 1. The molecule has 0 fully saturated rings. The fraction of sp³-hybridized carbons (Fsp3) is 0.632. The average Bonchev–Trinajstić information content (AvgIpc) is 2.61. The molecule has 1 aromatic carbocycles. The Bertz CT molecular complexity index is 509. The summed E-state index contributed by atoms with van der Waals surface area (Å²) in [5, 5.41) is 6.69. The van der Waals surface area contributed by atoms with E-state index in [2.05, 4.69) is 40.9 Å². The molecule has 0 aliphatic carbocycles. The third-order valence-corrected chi connectivity index (χ3v) is 4.13. The van der Waals surface area contributed by atoms with Gasteiger partial charge in [0, 0.05) is 19.6 Å². The first-order valence-corrected chi connectivity index (χ1v) is 10.5. The monoisotopic (exact) mass is 367 g/mol. The van der Waals surface area contributed by atoms with E-state index in [0.717, 1.165) is 55.7 Å². The van der Waals surface area contributed by atoms with Crippen molar-refractivity contribution in [3.8, 4) is 11.5 Å². The number of nitrogens with one attached hydrogen (secondary N) is 2. The van der Waals surface area contributed by atoms with E-state index in [1.165, 1.54) is 5.56 Å². The zero-order valence-electron chi connectivity index (χ0n) is 16.1. The van der Waals surface area contributed by atoms with E-state index < -0.39 is 0 Å². The number of hydrogen-bond donors (Lipinski definition) is 2. The summed E-state index contributed by atoms with van der Waals surface area (Å²) in [6, 6.07) is 6.15. The highest BCUT2D eigenvalue weighted by Gasteiger charge is 2.06. The van der Waals surface area contributed by atoms with Crippen LogP contribution in [0.25, 0.3) is 0 Å². The first-order valence-electron chi connectivity index (χ1n) is 9.14. The molecule has 0 unspecified atom stereocenters. The molecule has 0 saturated carbocycles. The zero-order valence-corrected chi connectivity index (χ0v) is 16.9. The smallest absolute Gasteiger partial charge is 0.191 e. The summed E-state index contributed by atoms with van der Waals surface area (Å²) in [5.74, 6) is 3.67. The SMILES string of the molecule is CCNC(=NCCCSC)NCCc1ccc(OCC)c(OCC)c1. The highest BCUT2D eigenvalue weighted by Crippen LogP contribution is 2.28. The topological polar surface area (TPSA) is 54.9 Å². The van der Waals surface area contributed by atoms with Crippen LogP contribution < -0.4 is 20.1 Å². The maximum atomic E-state index is 5.69. The Morgan fingerprint density at radius 2 is 1.84 bits per heavy atom. The number of aliphatic imine (C=N–C) groups is 1. The lowest BCUT2D eigenvalue weighted by molar-refractivity contribution is 0.287. The van der Waals surface area contributed by atoms with Crippen LogP contribution in [0.4, 0.5) is 0 Å². The van der Waals surface area contributed by atoms with Gasteiger partial charge in [-0.25, -0.2) is 0 Å². The van der Waals surface area contributed by atoms with Gasteiger partial charge in [-0.1, -0.05) is 6.07 Å². The van der Waals surface area contributed by atoms with Crippen LogP contribution in [-0.2, 0) is 6.42 Å². The molecule has 0 heterocycles. The second-order valence-electron chi connectivity index (χ2n) is 5.43. The lowest BCUT2D eigenvalue weighted by atomic mass is 10.1. The number of hydrogen-bond acceptors (Lipinski definition) is 4. The van der Waals surface area contributed by atoms with Crippen LogP contribution in [0.5, 0.6) is 11.5 Å². The van der Waals surface area contributed by atoms with Crippen LogP contribution in [0.3, 0.4) is 0 Å². The largest absolute Gasteiger partial charge is 0.490 e. The minimum Gasteiger partial charge on any atom is -0.490 e. The zero-order chi connectivity index (χ0) is 18.3. The number of ether oxygens (including phenoxy) is 2. The molecule has 0 aliphatic rings. The first-order chi connectivity index (χ1) is 12.2. The van der Waals surface area contributed by atoms with E-state index in [9.17, 15) is 0 Å². The van der Waals surface area contributed by atoms with E-state index in [1.54, 1.807) is 0 Å². The summed E-state index contributed by atoms with van der Waals surface area (Å²) in [5.41, 5.74) is 1.22. The average molecular weight is 368 g/mol. The van der Waals surface area contributed by atoms with Gasteiger partial charge < -0.3 is 20.1 Å². The van der Waals surface area contributed by atoms with Gasteiger partial charge in [0.05, 0.1) is 13.2 Å². The molecule has 0 aliphatic heterocycles. The molecular formula is C19H33N3O2S. The van der Waals surface area contributed by atoms with Gasteiger partial charge >= 0.3 is 0 Å². The number of thioether (sulfide) groups is 1. The molecule has 0 bridgehead atoms. The van der Waals surface area contributed by atoms with Crippen molar-refractivity contribution in [3.05, 3.63) is 23.8 Å². The fourth-order valence-corrected chi connectivity index (χ4v) is 2.74. The normalized spacial score (nSPS) is 11.3. The lowest BCUT2D eigenvalue weighted by Gasteiger charge is -2.14. The Balaban J connectivity index is 2.55. The fourth-order valence-electron chi connectivity index (χ4n) is 2.32. The summed E-state index contributed by atoms with van der Waals surface area (Å²) in [6.45, 7) is 9.87. The summed E-state index contributed by atoms with van der Waals surface area (Å²) >= 11 is 1.86. The Hall–Kier alpha value is -1.56. The first kappa shape index (κ1) is 21.5. The van der Waals surface area contributed by atoms with Crippen LogP contribution in [0.2, 0.25) is 0 Å². The maximum absolute atomic E-state index is 5.69. The van der Waals surface area contributed by atoms with Crippen molar-refractivity contribution >= 4 is 17.7 Å². The van der Waals surface area contributed by atoms with Crippen LogP contribution in [-0.4, -0.2) is 50.8 Å². The second kappa shape index (κ2) is 13.7. The summed E-state index contributed by atoms with van der Waals surface area (Å²) in [4.78, 5) is 4.60. The molecule has 0 saturated heterocycles. The van der Waals surface area contributed by atoms with Gasteiger partial charge in [0.25, 0.3) is 0 Å². The Morgan fingerprint density at radius 3 is 2.52 bits per heavy atom. The van der Waals surface area contributed by atoms with Crippen LogP contribution in [0.15, 0.2) is 23.2 Å². The van der Waals surface area contributed by atoms with Gasteiger partial charge in [-0.2, -0.15) is 11.8 Å².